The van der Waals surface area contributed by atoms with Crippen LogP contribution in [0.4, 0.5) is 4.39 Å². The van der Waals surface area contributed by atoms with Crippen LogP contribution in [0.5, 0.6) is 11.5 Å². The van der Waals surface area contributed by atoms with E-state index < -0.39 is 0 Å². The van der Waals surface area contributed by atoms with Crippen LogP contribution in [0.25, 0.3) is 0 Å². The molecule has 0 bridgehead atoms. The first kappa shape index (κ1) is 19.9. The Balaban J connectivity index is 1.40. The van der Waals surface area contributed by atoms with Gasteiger partial charge in [0, 0.05) is 25.8 Å². The first-order valence-electron chi connectivity index (χ1n) is 8.86. The number of aromatic nitrogens is 3. The van der Waals surface area contributed by atoms with Crippen molar-refractivity contribution in [3.8, 4) is 11.5 Å². The summed E-state index contributed by atoms with van der Waals surface area (Å²) in [5, 5.41) is 11.5. The summed E-state index contributed by atoms with van der Waals surface area (Å²) in [6.45, 7) is 0.573. The zero-order chi connectivity index (χ0) is 19.8. The summed E-state index contributed by atoms with van der Waals surface area (Å²) >= 11 is 1.55. The molecule has 2 aromatic carbocycles. The SMILES string of the molecule is Cn1cnnc1SCCNC(=O)CCc1cccc(Oc2ccc(F)cc2)c1. The number of nitrogens with zero attached hydrogens (tertiary/aromatic N) is 3. The molecule has 1 amide bonds. The largest absolute Gasteiger partial charge is 0.457 e. The summed E-state index contributed by atoms with van der Waals surface area (Å²) in [7, 11) is 1.88. The van der Waals surface area contributed by atoms with Gasteiger partial charge in [-0.1, -0.05) is 23.9 Å². The third kappa shape index (κ3) is 6.09. The van der Waals surface area contributed by atoms with E-state index in [0.717, 1.165) is 16.5 Å². The van der Waals surface area contributed by atoms with Crippen LogP contribution in [0.1, 0.15) is 12.0 Å². The predicted molar refractivity (Wildman–Crippen MR) is 106 cm³/mol. The van der Waals surface area contributed by atoms with Gasteiger partial charge in [0.2, 0.25) is 5.91 Å². The second kappa shape index (κ2) is 9.89. The van der Waals surface area contributed by atoms with E-state index >= 15 is 0 Å². The zero-order valence-electron chi connectivity index (χ0n) is 15.5. The van der Waals surface area contributed by atoms with Gasteiger partial charge in [-0.05, 0) is 48.4 Å². The lowest BCUT2D eigenvalue weighted by Gasteiger charge is -2.08. The lowest BCUT2D eigenvalue weighted by molar-refractivity contribution is -0.120. The van der Waals surface area contributed by atoms with Crippen LogP contribution in [-0.4, -0.2) is 33.0 Å². The van der Waals surface area contributed by atoms with Crippen LogP contribution < -0.4 is 10.1 Å². The van der Waals surface area contributed by atoms with Crippen molar-refractivity contribution in [2.75, 3.05) is 12.3 Å². The number of hydrogen-bond acceptors (Lipinski definition) is 5. The molecule has 0 spiro atoms. The first-order chi connectivity index (χ1) is 13.6. The van der Waals surface area contributed by atoms with Crippen molar-refractivity contribution in [1.82, 2.24) is 20.1 Å². The topological polar surface area (TPSA) is 69.0 Å². The molecule has 3 aromatic rings. The van der Waals surface area contributed by atoms with Crippen molar-refractivity contribution in [2.24, 2.45) is 7.05 Å². The molecule has 0 saturated heterocycles. The summed E-state index contributed by atoms with van der Waals surface area (Å²) < 4.78 is 20.5. The van der Waals surface area contributed by atoms with Crippen LogP contribution in [0, 0.1) is 5.82 Å². The van der Waals surface area contributed by atoms with E-state index in [1.807, 2.05) is 35.9 Å². The van der Waals surface area contributed by atoms with Crippen molar-refractivity contribution < 1.29 is 13.9 Å². The molecular weight excluding hydrogens is 379 g/mol. The highest BCUT2D eigenvalue weighted by molar-refractivity contribution is 7.99. The van der Waals surface area contributed by atoms with Crippen molar-refractivity contribution in [1.29, 1.82) is 0 Å². The maximum Gasteiger partial charge on any atom is 0.220 e. The molecule has 0 fully saturated rings. The van der Waals surface area contributed by atoms with E-state index in [2.05, 4.69) is 15.5 Å². The molecule has 8 heteroatoms. The Morgan fingerprint density at radius 3 is 2.79 bits per heavy atom. The third-order valence-electron chi connectivity index (χ3n) is 3.91. The lowest BCUT2D eigenvalue weighted by atomic mass is 10.1. The Morgan fingerprint density at radius 2 is 2.04 bits per heavy atom. The summed E-state index contributed by atoms with van der Waals surface area (Å²) in [4.78, 5) is 12.0. The van der Waals surface area contributed by atoms with Crippen LogP contribution in [0.2, 0.25) is 0 Å². The normalized spacial score (nSPS) is 10.6. The molecule has 0 aliphatic carbocycles. The molecule has 6 nitrogen and oxygen atoms in total. The molecule has 28 heavy (non-hydrogen) atoms. The number of carbonyl (C=O) groups excluding carboxylic acids is 1. The molecule has 1 heterocycles. The summed E-state index contributed by atoms with van der Waals surface area (Å²) in [5.41, 5.74) is 1.00. The van der Waals surface area contributed by atoms with Crippen molar-refractivity contribution >= 4 is 17.7 Å². The minimum absolute atomic E-state index is 0.00317. The second-order valence-electron chi connectivity index (χ2n) is 6.13. The number of ether oxygens (including phenoxy) is 1. The van der Waals surface area contributed by atoms with Crippen molar-refractivity contribution in [3.63, 3.8) is 0 Å². The standard InChI is InChI=1S/C20H21FN4O2S/c1-25-14-23-24-20(25)28-12-11-22-19(26)10-5-15-3-2-4-18(13-15)27-17-8-6-16(21)7-9-17/h2-4,6-9,13-14H,5,10-12H2,1H3,(H,22,26). The molecule has 0 atom stereocenters. The fourth-order valence-electron chi connectivity index (χ4n) is 2.49. The highest BCUT2D eigenvalue weighted by Crippen LogP contribution is 2.23. The number of aryl methyl sites for hydroxylation is 2. The van der Waals surface area contributed by atoms with Gasteiger partial charge in [0.1, 0.15) is 23.6 Å². The minimum atomic E-state index is -0.304. The summed E-state index contributed by atoms with van der Waals surface area (Å²) in [6.07, 6.45) is 2.66. The van der Waals surface area contributed by atoms with Crippen molar-refractivity contribution in [2.45, 2.75) is 18.0 Å². The fraction of sp³-hybridized carbons (Fsp3) is 0.250. The molecule has 1 N–H and O–H groups in total. The van der Waals surface area contributed by atoms with E-state index in [1.54, 1.807) is 30.2 Å². The lowest BCUT2D eigenvalue weighted by Crippen LogP contribution is -2.26. The molecular formula is C20H21FN4O2S. The molecule has 146 valence electrons. The Hall–Kier alpha value is -2.87. The van der Waals surface area contributed by atoms with Gasteiger partial charge in [0.15, 0.2) is 5.16 Å². The van der Waals surface area contributed by atoms with Crippen LogP contribution in [-0.2, 0) is 18.3 Å². The van der Waals surface area contributed by atoms with E-state index in [1.165, 1.54) is 12.1 Å². The fourth-order valence-corrected chi connectivity index (χ4v) is 3.23. The number of rotatable bonds is 9. The predicted octanol–water partition coefficient (Wildman–Crippen LogP) is 3.59. The average molecular weight is 400 g/mol. The number of benzene rings is 2. The van der Waals surface area contributed by atoms with Gasteiger partial charge in [-0.3, -0.25) is 4.79 Å². The van der Waals surface area contributed by atoms with Gasteiger partial charge in [0.25, 0.3) is 0 Å². The number of nitrogens with one attached hydrogen (secondary N) is 1. The molecule has 0 saturated carbocycles. The summed E-state index contributed by atoms with van der Waals surface area (Å²) in [5.74, 6) is 1.66. The maximum absolute atomic E-state index is 13.0. The molecule has 1 aromatic heterocycles. The molecule has 3 rings (SSSR count). The first-order valence-corrected chi connectivity index (χ1v) is 9.84. The Labute approximate surface area is 167 Å². The number of amides is 1. The van der Waals surface area contributed by atoms with Crippen LogP contribution >= 0.6 is 11.8 Å². The second-order valence-corrected chi connectivity index (χ2v) is 7.19. The van der Waals surface area contributed by atoms with Gasteiger partial charge >= 0.3 is 0 Å². The highest BCUT2D eigenvalue weighted by atomic mass is 32.2. The highest BCUT2D eigenvalue weighted by Gasteiger charge is 2.05. The Morgan fingerprint density at radius 1 is 1.21 bits per heavy atom. The van der Waals surface area contributed by atoms with Gasteiger partial charge in [-0.25, -0.2) is 4.39 Å². The maximum atomic E-state index is 13.0. The quantitative estimate of drug-likeness (QED) is 0.439. The van der Waals surface area contributed by atoms with Crippen LogP contribution in [0.3, 0.4) is 0 Å². The van der Waals surface area contributed by atoms with Gasteiger partial charge < -0.3 is 14.6 Å². The van der Waals surface area contributed by atoms with Crippen LogP contribution in [0.15, 0.2) is 60.0 Å². The smallest absolute Gasteiger partial charge is 0.220 e. The number of hydrogen-bond donors (Lipinski definition) is 1. The average Bonchev–Trinajstić information content (AvgIpc) is 3.10. The van der Waals surface area contributed by atoms with E-state index in [9.17, 15) is 9.18 Å². The Kier molecular flexibility index (Phi) is 7.02. The molecule has 0 aliphatic heterocycles. The van der Waals surface area contributed by atoms with Gasteiger partial charge in [0.05, 0.1) is 0 Å². The van der Waals surface area contributed by atoms with Gasteiger partial charge in [-0.2, -0.15) is 0 Å². The van der Waals surface area contributed by atoms with Gasteiger partial charge in [-0.15, -0.1) is 10.2 Å². The molecule has 0 radical (unpaired) electrons. The monoisotopic (exact) mass is 400 g/mol. The van der Waals surface area contributed by atoms with E-state index in [-0.39, 0.29) is 11.7 Å². The number of halogens is 1. The minimum Gasteiger partial charge on any atom is -0.457 e. The molecule has 0 aliphatic rings. The zero-order valence-corrected chi connectivity index (χ0v) is 16.3. The summed E-state index contributed by atoms with van der Waals surface area (Å²) in [6, 6.07) is 13.4. The Bertz CT molecular complexity index is 915. The third-order valence-corrected chi connectivity index (χ3v) is 4.95. The number of carbonyl (C=O) groups is 1. The van der Waals surface area contributed by atoms with Crippen molar-refractivity contribution in [3.05, 3.63) is 66.2 Å². The molecule has 0 unspecified atom stereocenters. The number of thioether (sulfide) groups is 1. The van der Waals surface area contributed by atoms with E-state index in [4.69, 9.17) is 4.74 Å². The van der Waals surface area contributed by atoms with E-state index in [0.29, 0.717) is 30.9 Å².